The number of hydrogen-bond acceptors (Lipinski definition) is 4. The zero-order valence-electron chi connectivity index (χ0n) is 14.5. The zero-order chi connectivity index (χ0) is 17.2. The number of fused-ring (bicyclic) bond motifs is 1. The molecule has 1 amide bonds. The molecular formula is C19H23N3O3. The third-order valence-electron chi connectivity index (χ3n) is 4.94. The van der Waals surface area contributed by atoms with Gasteiger partial charge < -0.3 is 18.9 Å². The summed E-state index contributed by atoms with van der Waals surface area (Å²) in [6, 6.07) is 5.82. The van der Waals surface area contributed by atoms with Gasteiger partial charge in [-0.25, -0.2) is 4.98 Å². The van der Waals surface area contributed by atoms with Crippen molar-refractivity contribution in [2.24, 2.45) is 0 Å². The van der Waals surface area contributed by atoms with Gasteiger partial charge in [0.15, 0.2) is 11.5 Å². The molecule has 0 aliphatic carbocycles. The Balaban J connectivity index is 1.57. The molecule has 6 nitrogen and oxygen atoms in total. The van der Waals surface area contributed by atoms with Gasteiger partial charge in [0.05, 0.1) is 11.6 Å². The number of ether oxygens (including phenoxy) is 2. The van der Waals surface area contributed by atoms with Crippen LogP contribution in [0.2, 0.25) is 0 Å². The minimum atomic E-state index is 0.0187. The van der Waals surface area contributed by atoms with E-state index in [1.807, 2.05) is 35.5 Å². The fourth-order valence-electron chi connectivity index (χ4n) is 3.73. The highest BCUT2D eigenvalue weighted by Gasteiger charge is 2.29. The number of aryl methyl sites for hydroxylation is 1. The molecule has 0 spiro atoms. The Hall–Kier alpha value is -2.50. The van der Waals surface area contributed by atoms with Gasteiger partial charge in [-0.3, -0.25) is 4.79 Å². The molecule has 132 valence electrons. The number of nitrogens with zero attached hydrogens (tertiary/aromatic N) is 3. The van der Waals surface area contributed by atoms with Gasteiger partial charge in [0.2, 0.25) is 0 Å². The Morgan fingerprint density at radius 3 is 3.08 bits per heavy atom. The highest BCUT2D eigenvalue weighted by molar-refractivity contribution is 5.98. The average Bonchev–Trinajstić information content (AvgIpc) is 3.16. The van der Waals surface area contributed by atoms with Gasteiger partial charge in [-0.2, -0.15) is 0 Å². The standard InChI is InChI=1S/C19H23N3O3/c1-2-17-20-8-10-22(17)14-5-4-9-21(13-14)19(23)15-6-3-7-16-18(15)25-12-11-24-16/h3,6-8,10,14H,2,4-5,9,11-13H2,1H3/t14-/m0/s1. The second-order valence-electron chi connectivity index (χ2n) is 6.48. The molecule has 1 fully saturated rings. The molecule has 4 rings (SSSR count). The van der Waals surface area contributed by atoms with E-state index in [1.54, 1.807) is 0 Å². The van der Waals surface area contributed by atoms with E-state index < -0.39 is 0 Å². The number of likely N-dealkylation sites (tertiary alicyclic amines) is 1. The molecule has 0 unspecified atom stereocenters. The van der Waals surface area contributed by atoms with Crippen molar-refractivity contribution >= 4 is 5.91 Å². The lowest BCUT2D eigenvalue weighted by atomic mass is 10.0. The predicted molar refractivity (Wildman–Crippen MR) is 93.2 cm³/mol. The molecule has 1 saturated heterocycles. The molecule has 6 heteroatoms. The largest absolute Gasteiger partial charge is 0.486 e. The zero-order valence-corrected chi connectivity index (χ0v) is 14.5. The summed E-state index contributed by atoms with van der Waals surface area (Å²) >= 11 is 0. The quantitative estimate of drug-likeness (QED) is 0.861. The maximum Gasteiger partial charge on any atom is 0.257 e. The number of rotatable bonds is 3. The highest BCUT2D eigenvalue weighted by Crippen LogP contribution is 2.35. The summed E-state index contributed by atoms with van der Waals surface area (Å²) in [5.74, 6) is 2.34. The van der Waals surface area contributed by atoms with Gasteiger partial charge in [0.25, 0.3) is 5.91 Å². The minimum Gasteiger partial charge on any atom is -0.486 e. The van der Waals surface area contributed by atoms with Crippen LogP contribution in [0.4, 0.5) is 0 Å². The van der Waals surface area contributed by atoms with Crippen LogP contribution in [0.25, 0.3) is 0 Å². The van der Waals surface area contributed by atoms with Crippen molar-refractivity contribution in [2.45, 2.75) is 32.2 Å². The number of piperidine rings is 1. The van der Waals surface area contributed by atoms with E-state index in [4.69, 9.17) is 9.47 Å². The van der Waals surface area contributed by atoms with Crippen LogP contribution in [0, 0.1) is 0 Å². The lowest BCUT2D eigenvalue weighted by Gasteiger charge is -2.34. The Kier molecular flexibility index (Phi) is 4.34. The van der Waals surface area contributed by atoms with Crippen LogP contribution < -0.4 is 9.47 Å². The monoisotopic (exact) mass is 341 g/mol. The summed E-state index contributed by atoms with van der Waals surface area (Å²) in [4.78, 5) is 19.5. The summed E-state index contributed by atoms with van der Waals surface area (Å²) in [6.07, 6.45) is 6.83. The van der Waals surface area contributed by atoms with Crippen LogP contribution in [0.5, 0.6) is 11.5 Å². The summed E-state index contributed by atoms with van der Waals surface area (Å²) in [6.45, 7) is 4.59. The normalized spacial score (nSPS) is 19.7. The first-order chi connectivity index (χ1) is 12.3. The molecule has 0 bridgehead atoms. The molecule has 1 atom stereocenters. The van der Waals surface area contributed by atoms with Gasteiger partial charge in [0, 0.05) is 31.9 Å². The Labute approximate surface area is 147 Å². The van der Waals surface area contributed by atoms with Crippen LogP contribution in [0.3, 0.4) is 0 Å². The molecule has 3 heterocycles. The maximum atomic E-state index is 13.1. The van der Waals surface area contributed by atoms with E-state index >= 15 is 0 Å². The molecule has 2 aliphatic heterocycles. The minimum absolute atomic E-state index is 0.0187. The van der Waals surface area contributed by atoms with Crippen LogP contribution >= 0.6 is 0 Å². The van der Waals surface area contributed by atoms with Crippen LogP contribution in [-0.2, 0) is 6.42 Å². The van der Waals surface area contributed by atoms with Crippen molar-refractivity contribution in [3.05, 3.63) is 42.0 Å². The van der Waals surface area contributed by atoms with Crippen molar-refractivity contribution < 1.29 is 14.3 Å². The lowest BCUT2D eigenvalue weighted by Crippen LogP contribution is -2.41. The summed E-state index contributed by atoms with van der Waals surface area (Å²) in [7, 11) is 0. The Morgan fingerprint density at radius 2 is 2.20 bits per heavy atom. The van der Waals surface area contributed by atoms with Crippen LogP contribution in [0.1, 0.15) is 42.0 Å². The molecule has 2 aromatic rings. The van der Waals surface area contributed by atoms with Crippen LogP contribution in [-0.4, -0.2) is 46.7 Å². The summed E-state index contributed by atoms with van der Waals surface area (Å²) < 4.78 is 13.5. The molecule has 0 radical (unpaired) electrons. The van der Waals surface area contributed by atoms with Gasteiger partial charge in [-0.15, -0.1) is 0 Å². The van der Waals surface area contributed by atoms with Gasteiger partial charge >= 0.3 is 0 Å². The second-order valence-corrected chi connectivity index (χ2v) is 6.48. The van der Waals surface area contributed by atoms with Crippen molar-refractivity contribution in [1.82, 2.24) is 14.5 Å². The fraction of sp³-hybridized carbons (Fsp3) is 0.474. The van der Waals surface area contributed by atoms with Gasteiger partial charge in [0.1, 0.15) is 19.0 Å². The molecule has 1 aromatic heterocycles. The molecule has 0 saturated carbocycles. The Bertz CT molecular complexity index is 771. The van der Waals surface area contributed by atoms with E-state index in [1.165, 1.54) is 0 Å². The first-order valence-electron chi connectivity index (χ1n) is 8.97. The number of aromatic nitrogens is 2. The summed E-state index contributed by atoms with van der Waals surface area (Å²) in [5.41, 5.74) is 0.596. The van der Waals surface area contributed by atoms with Crippen molar-refractivity contribution in [3.8, 4) is 11.5 Å². The van der Waals surface area contributed by atoms with E-state index in [0.29, 0.717) is 36.8 Å². The number of carbonyl (C=O) groups excluding carboxylic acids is 1. The number of hydrogen-bond donors (Lipinski definition) is 0. The van der Waals surface area contributed by atoms with Crippen molar-refractivity contribution in [2.75, 3.05) is 26.3 Å². The lowest BCUT2D eigenvalue weighted by molar-refractivity contribution is 0.0668. The van der Waals surface area contributed by atoms with E-state index in [9.17, 15) is 4.79 Å². The molecule has 25 heavy (non-hydrogen) atoms. The Morgan fingerprint density at radius 1 is 1.32 bits per heavy atom. The molecular weight excluding hydrogens is 318 g/mol. The van der Waals surface area contributed by atoms with Gasteiger partial charge in [-0.05, 0) is 25.0 Å². The fourth-order valence-corrected chi connectivity index (χ4v) is 3.73. The van der Waals surface area contributed by atoms with E-state index in [2.05, 4.69) is 16.5 Å². The SMILES string of the molecule is CCc1nccn1[C@H]1CCCN(C(=O)c2cccc3c2OCCO3)C1. The number of carbonyl (C=O) groups is 1. The highest BCUT2D eigenvalue weighted by atomic mass is 16.6. The topological polar surface area (TPSA) is 56.6 Å². The second kappa shape index (κ2) is 6.78. The predicted octanol–water partition coefficient (Wildman–Crippen LogP) is 2.69. The third-order valence-corrected chi connectivity index (χ3v) is 4.94. The smallest absolute Gasteiger partial charge is 0.257 e. The third kappa shape index (κ3) is 2.97. The van der Waals surface area contributed by atoms with E-state index in [0.717, 1.165) is 31.6 Å². The maximum absolute atomic E-state index is 13.1. The van der Waals surface area contributed by atoms with Gasteiger partial charge in [-0.1, -0.05) is 13.0 Å². The number of para-hydroxylation sites is 1. The van der Waals surface area contributed by atoms with Crippen molar-refractivity contribution in [1.29, 1.82) is 0 Å². The van der Waals surface area contributed by atoms with Crippen molar-refractivity contribution in [3.63, 3.8) is 0 Å². The molecule has 1 aromatic carbocycles. The average molecular weight is 341 g/mol. The number of benzene rings is 1. The number of imidazole rings is 1. The van der Waals surface area contributed by atoms with E-state index in [-0.39, 0.29) is 11.9 Å². The first-order valence-corrected chi connectivity index (χ1v) is 8.97. The molecule has 0 N–H and O–H groups in total. The number of amides is 1. The van der Waals surface area contributed by atoms with Crippen LogP contribution in [0.15, 0.2) is 30.6 Å². The molecule has 2 aliphatic rings. The first kappa shape index (κ1) is 16.0. The summed E-state index contributed by atoms with van der Waals surface area (Å²) in [5, 5.41) is 0.